The quantitative estimate of drug-likeness (QED) is 0.0925. The van der Waals surface area contributed by atoms with E-state index in [1.165, 1.54) is 100 Å². The standard InChI is InChI=1S/C26H27F2N5.C20H16BrF2N5.C10H6ClFN2.C9H9BrFN3.C5H11N/c1-3-33-25(21-15-19(16-22(28)24(21)31-33)17-7-5-4-6-8-17)32(2)26-29-14-13-23(30-26)18-9-11-20(27)12-10-18;1-3-28-19(15-10-13(21)11-16(23)18(15)26-28)27(2)20-24-9-8-17(25-20)12-4-6-14(22)7-5-12;11-10-13-6-5-9(14-10)7-1-3-8(12)4-2-7;1-2-14-9(12)6-3-5(10)4-7(11)8(6)13-14;1-2-4-6-5-3-1/h9-17H,3-8H2,1-2H3;4-11H,3H2,1-2H3;1-6H;3-4H,2,12H2,1H3;6H,1-5H2. The van der Waals surface area contributed by atoms with Gasteiger partial charge in [-0.1, -0.05) is 57.5 Å². The third-order valence-corrected chi connectivity index (χ3v) is 17.2. The van der Waals surface area contributed by atoms with Gasteiger partial charge >= 0.3 is 0 Å². The molecule has 1 aliphatic heterocycles. The second kappa shape index (κ2) is 32.1. The van der Waals surface area contributed by atoms with E-state index in [0.717, 1.165) is 46.3 Å². The minimum absolute atomic E-state index is 0.187. The number of piperidine rings is 1. The first-order valence-electron chi connectivity index (χ1n) is 31.2. The van der Waals surface area contributed by atoms with Crippen LogP contribution < -0.4 is 20.9 Å². The first kappa shape index (κ1) is 69.0. The Hall–Kier alpha value is -8.84. The monoisotopic (exact) mass is 1440 g/mol. The summed E-state index contributed by atoms with van der Waals surface area (Å²) in [4.78, 5) is 29.5. The zero-order valence-corrected chi connectivity index (χ0v) is 56.8. The molecule has 16 nitrogen and oxygen atoms in total. The average Bonchev–Trinajstić information content (AvgIpc) is 1.63. The summed E-state index contributed by atoms with van der Waals surface area (Å²) in [6, 6.07) is 33.8. The van der Waals surface area contributed by atoms with Crippen LogP contribution in [0.25, 0.3) is 66.5 Å². The molecule has 1 saturated carbocycles. The molecular formula is C70H69Br2ClF6N16. The predicted octanol–water partition coefficient (Wildman–Crippen LogP) is 18.2. The van der Waals surface area contributed by atoms with Crippen molar-refractivity contribution in [2.75, 3.05) is 42.7 Å². The molecule has 25 heteroatoms. The van der Waals surface area contributed by atoms with Gasteiger partial charge in [0.2, 0.25) is 17.2 Å². The van der Waals surface area contributed by atoms with E-state index in [0.29, 0.717) is 102 Å². The number of nitrogens with zero attached hydrogens (tertiary/aromatic N) is 14. The predicted molar refractivity (Wildman–Crippen MR) is 372 cm³/mol. The van der Waals surface area contributed by atoms with Crippen molar-refractivity contribution in [3.05, 3.63) is 201 Å². The van der Waals surface area contributed by atoms with Gasteiger partial charge in [-0.15, -0.1) is 0 Å². The highest BCUT2D eigenvalue weighted by atomic mass is 79.9. The van der Waals surface area contributed by atoms with Crippen LogP contribution in [0.15, 0.2) is 155 Å². The molecule has 2 aliphatic rings. The van der Waals surface area contributed by atoms with Gasteiger partial charge < -0.3 is 11.1 Å². The SMILES string of the molecule is C1CCNCC1.CCn1nc2c(F)cc(Br)cc2c1N.CCn1nc2c(F)cc(Br)cc2c1N(C)c1nccc(-c2ccc(F)cc2)n1.CCn1nc2c(F)cc(C3CCCCC3)cc2c1N(C)c1nccc(-c2ccc(F)cc2)n1.Fc1ccc(-c2ccnc(Cl)n2)cc1. The summed E-state index contributed by atoms with van der Waals surface area (Å²) in [5, 5.41) is 18.6. The van der Waals surface area contributed by atoms with Crippen molar-refractivity contribution < 1.29 is 26.3 Å². The Bertz CT molecular complexity index is 4550. The highest BCUT2D eigenvalue weighted by Gasteiger charge is 2.25. The number of nitrogens with two attached hydrogens (primary N) is 1. The number of benzene rings is 6. The maximum Gasteiger partial charge on any atom is 0.231 e. The fraction of sp³-hybridized carbons (Fsp3) is 0.271. The van der Waals surface area contributed by atoms with Crippen LogP contribution in [-0.2, 0) is 19.6 Å². The fourth-order valence-corrected chi connectivity index (χ4v) is 12.3. The summed E-state index contributed by atoms with van der Waals surface area (Å²) in [5.41, 5.74) is 12.3. The number of anilines is 5. The van der Waals surface area contributed by atoms with Crippen molar-refractivity contribution in [2.24, 2.45) is 0 Å². The van der Waals surface area contributed by atoms with Crippen LogP contribution in [0.3, 0.4) is 0 Å². The Balaban J connectivity index is 0.000000142. The van der Waals surface area contributed by atoms with Crippen molar-refractivity contribution in [1.29, 1.82) is 0 Å². The molecular weight excluding hydrogens is 1370 g/mol. The molecule has 95 heavy (non-hydrogen) atoms. The Morgan fingerprint density at radius 1 is 0.484 bits per heavy atom. The van der Waals surface area contributed by atoms with Crippen LogP contribution in [0.4, 0.5) is 55.7 Å². The lowest BCUT2D eigenvalue weighted by Gasteiger charge is -2.23. The summed E-state index contributed by atoms with van der Waals surface area (Å²) >= 11 is 12.2. The lowest BCUT2D eigenvalue weighted by molar-refractivity contribution is 0.442. The van der Waals surface area contributed by atoms with Gasteiger partial charge in [0.15, 0.2) is 17.5 Å². The topological polar surface area (TPSA) is 175 Å². The highest BCUT2D eigenvalue weighted by Crippen LogP contribution is 2.39. The summed E-state index contributed by atoms with van der Waals surface area (Å²) in [5.74, 6) is 1.34. The second-order valence-electron chi connectivity index (χ2n) is 22.4. The molecule has 0 unspecified atom stereocenters. The maximum absolute atomic E-state index is 15.2. The van der Waals surface area contributed by atoms with E-state index < -0.39 is 5.82 Å². The minimum Gasteiger partial charge on any atom is -0.383 e. The first-order valence-corrected chi connectivity index (χ1v) is 33.1. The molecule has 7 heterocycles. The van der Waals surface area contributed by atoms with Gasteiger partial charge in [-0.05, 0) is 210 Å². The van der Waals surface area contributed by atoms with Crippen molar-refractivity contribution in [1.82, 2.24) is 64.6 Å². The Morgan fingerprint density at radius 3 is 1.29 bits per heavy atom. The summed E-state index contributed by atoms with van der Waals surface area (Å²) in [6.07, 6.45) is 14.9. The molecule has 0 atom stereocenters. The van der Waals surface area contributed by atoms with Gasteiger partial charge in [-0.2, -0.15) is 15.3 Å². The Kier molecular flexibility index (Phi) is 23.3. The Labute approximate surface area is 567 Å². The van der Waals surface area contributed by atoms with Gasteiger partial charge in [0.1, 0.15) is 51.5 Å². The van der Waals surface area contributed by atoms with Crippen LogP contribution in [-0.4, -0.2) is 86.4 Å². The molecule has 0 spiro atoms. The zero-order chi connectivity index (χ0) is 67.3. The van der Waals surface area contributed by atoms with Gasteiger partial charge in [0.05, 0.1) is 17.1 Å². The van der Waals surface area contributed by atoms with Crippen molar-refractivity contribution in [3.63, 3.8) is 0 Å². The molecule has 6 aromatic carbocycles. The lowest BCUT2D eigenvalue weighted by atomic mass is 9.84. The summed E-state index contributed by atoms with van der Waals surface area (Å²) in [7, 11) is 3.68. The van der Waals surface area contributed by atoms with Gasteiger partial charge in [-0.25, -0.2) is 70.3 Å². The molecule has 0 amide bonds. The highest BCUT2D eigenvalue weighted by molar-refractivity contribution is 9.10. The lowest BCUT2D eigenvalue weighted by Crippen LogP contribution is -2.21. The largest absolute Gasteiger partial charge is 0.383 e. The molecule has 2 fully saturated rings. The van der Waals surface area contributed by atoms with Crippen molar-refractivity contribution >= 4 is 106 Å². The van der Waals surface area contributed by atoms with Crippen molar-refractivity contribution in [3.8, 4) is 33.8 Å². The number of nitrogens with one attached hydrogen (secondary N) is 1. The van der Waals surface area contributed by atoms with E-state index in [2.05, 4.69) is 83.5 Å². The Morgan fingerprint density at radius 2 is 0.874 bits per heavy atom. The molecule has 12 aromatic rings. The number of hydrogen-bond donors (Lipinski definition) is 2. The van der Waals surface area contributed by atoms with E-state index in [1.807, 2.05) is 45.8 Å². The number of aromatic nitrogens is 12. The number of halogens is 9. The molecule has 492 valence electrons. The number of hydrogen-bond acceptors (Lipinski definition) is 13. The molecule has 0 radical (unpaired) electrons. The van der Waals surface area contributed by atoms with Gasteiger partial charge in [0, 0.05) is 94.1 Å². The zero-order valence-electron chi connectivity index (χ0n) is 52.9. The number of nitrogen functional groups attached to an aromatic ring is 1. The van der Waals surface area contributed by atoms with Crippen LogP contribution in [0.5, 0.6) is 0 Å². The van der Waals surface area contributed by atoms with Crippen molar-refractivity contribution in [2.45, 2.75) is 97.7 Å². The summed E-state index contributed by atoms with van der Waals surface area (Å²) in [6.45, 7) is 10.1. The van der Waals surface area contributed by atoms with E-state index in [-0.39, 0.29) is 34.4 Å². The normalized spacial score (nSPS) is 13.0. The minimum atomic E-state index is -0.396. The molecule has 1 saturated heterocycles. The van der Waals surface area contributed by atoms with Crippen LogP contribution in [0.2, 0.25) is 5.28 Å². The maximum atomic E-state index is 15.2. The third kappa shape index (κ3) is 16.8. The third-order valence-electron chi connectivity index (χ3n) is 16.1. The number of rotatable bonds is 11. The van der Waals surface area contributed by atoms with Crippen LogP contribution in [0, 0.1) is 34.9 Å². The van der Waals surface area contributed by atoms with Crippen LogP contribution >= 0.6 is 43.5 Å². The molecule has 0 bridgehead atoms. The van der Waals surface area contributed by atoms with E-state index >= 15 is 4.39 Å². The van der Waals surface area contributed by atoms with E-state index in [9.17, 15) is 22.0 Å². The van der Waals surface area contributed by atoms with Crippen LogP contribution in [0.1, 0.15) is 83.6 Å². The van der Waals surface area contributed by atoms with Gasteiger partial charge in [0.25, 0.3) is 0 Å². The molecule has 3 N–H and O–H groups in total. The average molecular weight is 1440 g/mol. The molecule has 1 aliphatic carbocycles. The molecule has 14 rings (SSSR count). The fourth-order valence-electron chi connectivity index (χ4n) is 11.3. The molecule has 6 aromatic heterocycles. The first-order chi connectivity index (χ1) is 45.9. The van der Waals surface area contributed by atoms with E-state index in [4.69, 9.17) is 22.3 Å². The van der Waals surface area contributed by atoms with Gasteiger partial charge in [-0.3, -0.25) is 9.80 Å². The van der Waals surface area contributed by atoms with E-state index in [1.54, 1.807) is 104 Å². The summed E-state index contributed by atoms with van der Waals surface area (Å²) < 4.78 is 88.5. The smallest absolute Gasteiger partial charge is 0.231 e. The number of aryl methyl sites for hydroxylation is 3. The second-order valence-corrected chi connectivity index (χ2v) is 24.6. The number of fused-ring (bicyclic) bond motifs is 3.